The lowest BCUT2D eigenvalue weighted by molar-refractivity contribution is -0.141. The van der Waals surface area contributed by atoms with Crippen LogP contribution in [0.25, 0.3) is 11.4 Å². The van der Waals surface area contributed by atoms with Crippen LogP contribution in [0.2, 0.25) is 0 Å². The van der Waals surface area contributed by atoms with Crippen LogP contribution in [0.15, 0.2) is 42.7 Å². The van der Waals surface area contributed by atoms with Gasteiger partial charge in [-0.25, -0.2) is 4.98 Å². The fourth-order valence-corrected chi connectivity index (χ4v) is 3.11. The molecule has 2 heterocycles. The Morgan fingerprint density at radius 3 is 2.75 bits per heavy atom. The number of aromatic nitrogens is 2. The van der Waals surface area contributed by atoms with Gasteiger partial charge in [-0.15, -0.1) is 0 Å². The molecule has 1 aromatic carbocycles. The quantitative estimate of drug-likeness (QED) is 0.849. The number of likely N-dealkylation sites (tertiary alicyclic amines) is 1. The zero-order valence-electron chi connectivity index (χ0n) is 13.4. The fourth-order valence-electron chi connectivity index (χ4n) is 3.11. The summed E-state index contributed by atoms with van der Waals surface area (Å²) < 4.78 is 1.79. The highest BCUT2D eigenvalue weighted by Crippen LogP contribution is 2.18. The first-order valence-electron chi connectivity index (χ1n) is 7.83. The summed E-state index contributed by atoms with van der Waals surface area (Å²) in [7, 11) is 1.76. The number of rotatable bonds is 5. The topological polar surface area (TPSA) is 87.5 Å². The fraction of sp³-hybridized carbons (Fsp3) is 0.353. The molecule has 7 heteroatoms. The average Bonchev–Trinajstić information content (AvgIpc) is 3.14. The molecule has 1 amide bonds. The number of nitrogens with one attached hydrogen (secondary N) is 1. The number of nitrogens with zero attached hydrogens (tertiary/aromatic N) is 3. The number of hydrogen-bond donors (Lipinski definition) is 2. The summed E-state index contributed by atoms with van der Waals surface area (Å²) in [5, 5.41) is 12.1. The zero-order chi connectivity index (χ0) is 17.1. The maximum atomic E-state index is 12.3. The van der Waals surface area contributed by atoms with Gasteiger partial charge in [0.2, 0.25) is 5.91 Å². The molecule has 0 aliphatic carbocycles. The Labute approximate surface area is 139 Å². The minimum Gasteiger partial charge on any atom is -0.480 e. The van der Waals surface area contributed by atoms with E-state index in [1.807, 2.05) is 30.3 Å². The standard InChI is InChI=1S/C17H20N4O3/c1-20-10-13(9-14(20)17(23)24)19-15(22)11-21-8-7-18-16(21)12-5-3-2-4-6-12/h2-8,13-14H,9-11H2,1H3,(H,19,22)(H,23,24)/t13-,14+/m1/s1. The van der Waals surface area contributed by atoms with Crippen LogP contribution in [0, 0.1) is 0 Å². The molecule has 0 saturated carbocycles. The lowest BCUT2D eigenvalue weighted by atomic mass is 10.1. The lowest BCUT2D eigenvalue weighted by Gasteiger charge is -2.14. The molecule has 0 spiro atoms. The van der Waals surface area contributed by atoms with Crippen molar-refractivity contribution in [3.8, 4) is 11.4 Å². The molecule has 1 aromatic heterocycles. The van der Waals surface area contributed by atoms with Gasteiger partial charge in [0.25, 0.3) is 0 Å². The van der Waals surface area contributed by atoms with Crippen molar-refractivity contribution in [1.29, 1.82) is 0 Å². The zero-order valence-corrected chi connectivity index (χ0v) is 13.4. The largest absolute Gasteiger partial charge is 0.480 e. The number of carboxylic acids is 1. The number of aliphatic carboxylic acids is 1. The highest BCUT2D eigenvalue weighted by molar-refractivity contribution is 5.78. The molecular weight excluding hydrogens is 308 g/mol. The highest BCUT2D eigenvalue weighted by Gasteiger charge is 2.35. The van der Waals surface area contributed by atoms with Crippen molar-refractivity contribution in [3.63, 3.8) is 0 Å². The van der Waals surface area contributed by atoms with Crippen molar-refractivity contribution in [2.45, 2.75) is 25.0 Å². The molecule has 0 bridgehead atoms. The molecule has 1 fully saturated rings. The maximum Gasteiger partial charge on any atom is 0.320 e. The summed E-state index contributed by atoms with van der Waals surface area (Å²) in [5.41, 5.74) is 0.946. The molecule has 2 N–H and O–H groups in total. The van der Waals surface area contributed by atoms with Crippen LogP contribution in [0.5, 0.6) is 0 Å². The normalized spacial score (nSPS) is 20.9. The number of amides is 1. The lowest BCUT2D eigenvalue weighted by Crippen LogP contribution is -2.38. The smallest absolute Gasteiger partial charge is 0.320 e. The Bertz CT molecular complexity index is 728. The predicted molar refractivity (Wildman–Crippen MR) is 88.3 cm³/mol. The maximum absolute atomic E-state index is 12.3. The number of likely N-dealkylation sites (N-methyl/N-ethyl adjacent to an activating group) is 1. The molecule has 3 rings (SSSR count). The van der Waals surface area contributed by atoms with Gasteiger partial charge in [0, 0.05) is 30.5 Å². The first-order chi connectivity index (χ1) is 11.5. The Morgan fingerprint density at radius 1 is 1.33 bits per heavy atom. The van der Waals surface area contributed by atoms with E-state index in [1.54, 1.807) is 28.9 Å². The van der Waals surface area contributed by atoms with E-state index in [4.69, 9.17) is 5.11 Å². The number of benzene rings is 1. The van der Waals surface area contributed by atoms with E-state index in [0.29, 0.717) is 13.0 Å². The Morgan fingerprint density at radius 2 is 2.08 bits per heavy atom. The van der Waals surface area contributed by atoms with Gasteiger partial charge in [-0.05, 0) is 13.5 Å². The molecule has 1 saturated heterocycles. The Balaban J connectivity index is 1.63. The van der Waals surface area contributed by atoms with Crippen molar-refractivity contribution in [1.82, 2.24) is 19.8 Å². The number of carboxylic acid groups (broad SMARTS) is 1. The van der Waals surface area contributed by atoms with Gasteiger partial charge in [0.05, 0.1) is 0 Å². The van der Waals surface area contributed by atoms with Crippen LogP contribution in [-0.4, -0.2) is 57.1 Å². The molecule has 1 aliphatic heterocycles. The SMILES string of the molecule is CN1C[C@H](NC(=O)Cn2ccnc2-c2ccccc2)C[C@H]1C(=O)O. The minimum absolute atomic E-state index is 0.144. The monoisotopic (exact) mass is 328 g/mol. The molecule has 24 heavy (non-hydrogen) atoms. The predicted octanol–water partition coefficient (Wildman–Crippen LogP) is 0.824. The Kier molecular flexibility index (Phi) is 4.61. The van der Waals surface area contributed by atoms with Crippen molar-refractivity contribution in [2.75, 3.05) is 13.6 Å². The van der Waals surface area contributed by atoms with Gasteiger partial charge in [0.1, 0.15) is 18.4 Å². The van der Waals surface area contributed by atoms with Gasteiger partial charge in [-0.2, -0.15) is 0 Å². The molecule has 1 aliphatic rings. The molecule has 2 atom stereocenters. The first kappa shape index (κ1) is 16.2. The van der Waals surface area contributed by atoms with E-state index in [-0.39, 0.29) is 18.5 Å². The van der Waals surface area contributed by atoms with Crippen molar-refractivity contribution >= 4 is 11.9 Å². The molecular formula is C17H20N4O3. The second kappa shape index (κ2) is 6.84. The van der Waals surface area contributed by atoms with Gasteiger partial charge in [-0.3, -0.25) is 14.5 Å². The third kappa shape index (κ3) is 3.46. The van der Waals surface area contributed by atoms with Crippen LogP contribution in [0.1, 0.15) is 6.42 Å². The third-order valence-electron chi connectivity index (χ3n) is 4.26. The summed E-state index contributed by atoms with van der Waals surface area (Å²) in [6.07, 6.45) is 3.86. The molecule has 7 nitrogen and oxygen atoms in total. The minimum atomic E-state index is -0.852. The summed E-state index contributed by atoms with van der Waals surface area (Å²) in [4.78, 5) is 29.5. The average molecular weight is 328 g/mol. The van der Waals surface area contributed by atoms with E-state index in [2.05, 4.69) is 10.3 Å². The van der Waals surface area contributed by atoms with Crippen LogP contribution < -0.4 is 5.32 Å². The van der Waals surface area contributed by atoms with Gasteiger partial charge in [-0.1, -0.05) is 30.3 Å². The van der Waals surface area contributed by atoms with E-state index >= 15 is 0 Å². The van der Waals surface area contributed by atoms with Crippen LogP contribution in [-0.2, 0) is 16.1 Å². The molecule has 0 unspecified atom stereocenters. The van der Waals surface area contributed by atoms with Crippen LogP contribution >= 0.6 is 0 Å². The molecule has 2 aromatic rings. The van der Waals surface area contributed by atoms with Crippen molar-refractivity contribution in [3.05, 3.63) is 42.7 Å². The molecule has 0 radical (unpaired) electrons. The van der Waals surface area contributed by atoms with Gasteiger partial charge >= 0.3 is 5.97 Å². The van der Waals surface area contributed by atoms with Crippen LogP contribution in [0.3, 0.4) is 0 Å². The number of imidazole rings is 1. The van der Waals surface area contributed by atoms with Crippen molar-refractivity contribution < 1.29 is 14.7 Å². The third-order valence-corrected chi connectivity index (χ3v) is 4.26. The number of carbonyl (C=O) groups excluding carboxylic acids is 1. The summed E-state index contributed by atoms with van der Waals surface area (Å²) in [5.74, 6) is -0.262. The van der Waals surface area contributed by atoms with Crippen LogP contribution in [0.4, 0.5) is 0 Å². The van der Waals surface area contributed by atoms with Gasteiger partial charge in [0.15, 0.2) is 0 Å². The summed E-state index contributed by atoms with van der Waals surface area (Å²) >= 11 is 0. The van der Waals surface area contributed by atoms with E-state index < -0.39 is 12.0 Å². The number of hydrogen-bond acceptors (Lipinski definition) is 4. The van der Waals surface area contributed by atoms with E-state index in [9.17, 15) is 9.59 Å². The Hall–Kier alpha value is -2.67. The summed E-state index contributed by atoms with van der Waals surface area (Å²) in [6, 6.07) is 8.98. The second-order valence-corrected chi connectivity index (χ2v) is 6.04. The number of carbonyl (C=O) groups is 2. The van der Waals surface area contributed by atoms with E-state index in [1.165, 1.54) is 0 Å². The molecule has 126 valence electrons. The highest BCUT2D eigenvalue weighted by atomic mass is 16.4. The first-order valence-corrected chi connectivity index (χ1v) is 7.83. The second-order valence-electron chi connectivity index (χ2n) is 6.04. The summed E-state index contributed by atoms with van der Waals surface area (Å²) in [6.45, 7) is 0.695. The van der Waals surface area contributed by atoms with Crippen molar-refractivity contribution in [2.24, 2.45) is 0 Å². The van der Waals surface area contributed by atoms with E-state index in [0.717, 1.165) is 11.4 Å². The van der Waals surface area contributed by atoms with Gasteiger partial charge < -0.3 is 15.0 Å².